The lowest BCUT2D eigenvalue weighted by atomic mass is 9.81. The summed E-state index contributed by atoms with van der Waals surface area (Å²) in [4.78, 5) is 4.85. The van der Waals surface area contributed by atoms with E-state index in [2.05, 4.69) is 224 Å². The Hall–Kier alpha value is -7.26. The first-order valence-electron chi connectivity index (χ1n) is 22.5. The zero-order valence-electron chi connectivity index (χ0n) is 35.8. The molecular formula is C59H45N2O2P. The number of hydrogen-bond acceptors (Lipinski definition) is 4. The van der Waals surface area contributed by atoms with Crippen molar-refractivity contribution >= 4 is 63.4 Å². The Morgan fingerprint density at radius 1 is 0.625 bits per heavy atom. The normalized spacial score (nSPS) is 18.9. The molecule has 0 radical (unpaired) electrons. The summed E-state index contributed by atoms with van der Waals surface area (Å²) in [5, 5.41) is 6.84. The molecule has 1 aromatic heterocycles. The van der Waals surface area contributed by atoms with E-state index < -0.39 is 7.53 Å². The number of ether oxygens (including phenoxy) is 2. The van der Waals surface area contributed by atoms with Crippen LogP contribution < -0.4 is 19.3 Å². The minimum absolute atomic E-state index is 0.0522. The van der Waals surface area contributed by atoms with Gasteiger partial charge in [-0.1, -0.05) is 143 Å². The molecule has 0 saturated heterocycles. The summed E-state index contributed by atoms with van der Waals surface area (Å²) in [5.41, 5.74) is 13.2. The van der Waals surface area contributed by atoms with E-state index in [9.17, 15) is 0 Å². The van der Waals surface area contributed by atoms with Crippen LogP contribution in [-0.2, 0) is 5.41 Å². The maximum absolute atomic E-state index is 6.50. The molecule has 5 aliphatic rings. The summed E-state index contributed by atoms with van der Waals surface area (Å²) >= 11 is 0. The summed E-state index contributed by atoms with van der Waals surface area (Å²) in [5.74, 6) is 2.87. The molecule has 8 aromatic rings. The molecule has 2 aliphatic heterocycles. The van der Waals surface area contributed by atoms with E-state index in [0.717, 1.165) is 52.9 Å². The Kier molecular flexibility index (Phi) is 8.39. The molecule has 0 spiro atoms. The van der Waals surface area contributed by atoms with E-state index in [-0.39, 0.29) is 17.6 Å². The molecule has 0 fully saturated rings. The molecule has 0 amide bonds. The van der Waals surface area contributed by atoms with Crippen molar-refractivity contribution in [3.8, 4) is 27.9 Å². The van der Waals surface area contributed by atoms with Crippen LogP contribution in [0.1, 0.15) is 48.9 Å². The van der Waals surface area contributed by atoms with Crippen molar-refractivity contribution < 1.29 is 9.47 Å². The Bertz CT molecular complexity index is 3400. The van der Waals surface area contributed by atoms with Gasteiger partial charge < -0.3 is 19.3 Å². The molecule has 13 rings (SSSR count). The third kappa shape index (κ3) is 5.76. The Labute approximate surface area is 375 Å². The zero-order valence-corrected chi connectivity index (χ0v) is 36.7. The molecular weight excluding hydrogens is 800 g/mol. The van der Waals surface area contributed by atoms with Crippen molar-refractivity contribution in [3.63, 3.8) is 0 Å². The first-order valence-corrected chi connectivity index (χ1v) is 23.8. The van der Waals surface area contributed by atoms with E-state index in [1.165, 1.54) is 65.4 Å². The third-order valence-electron chi connectivity index (χ3n) is 13.9. The van der Waals surface area contributed by atoms with Gasteiger partial charge in [0.1, 0.15) is 17.6 Å². The van der Waals surface area contributed by atoms with Crippen LogP contribution in [0.15, 0.2) is 200 Å². The summed E-state index contributed by atoms with van der Waals surface area (Å²) in [7, 11) is -0.703. The number of nitrogens with zero attached hydrogens (tertiary/aromatic N) is 2. The third-order valence-corrected chi connectivity index (χ3v) is 16.5. The van der Waals surface area contributed by atoms with Gasteiger partial charge in [-0.15, -0.1) is 0 Å². The van der Waals surface area contributed by atoms with Gasteiger partial charge in [0.05, 0.1) is 23.1 Å². The Morgan fingerprint density at radius 3 is 2.16 bits per heavy atom. The van der Waals surface area contributed by atoms with Gasteiger partial charge in [0.15, 0.2) is 5.75 Å². The van der Waals surface area contributed by atoms with Crippen molar-refractivity contribution in [2.24, 2.45) is 0 Å². The molecule has 64 heavy (non-hydrogen) atoms. The van der Waals surface area contributed by atoms with Crippen molar-refractivity contribution in [3.05, 3.63) is 222 Å². The fraction of sp³-hybridized carbons (Fsp3) is 0.119. The summed E-state index contributed by atoms with van der Waals surface area (Å²) in [6.07, 6.45) is 19.6. The van der Waals surface area contributed by atoms with Crippen molar-refractivity contribution in [1.82, 2.24) is 0 Å². The van der Waals surface area contributed by atoms with E-state index in [4.69, 9.17) is 9.47 Å². The number of benzene rings is 7. The maximum Gasteiger partial charge on any atom is 0.151 e. The molecule has 0 N–H and O–H groups in total. The molecule has 4 nitrogen and oxygen atoms in total. The smallest absolute Gasteiger partial charge is 0.151 e. The van der Waals surface area contributed by atoms with Gasteiger partial charge in [-0.2, -0.15) is 0 Å². The van der Waals surface area contributed by atoms with Gasteiger partial charge in [-0.05, 0) is 135 Å². The lowest BCUT2D eigenvalue weighted by Crippen LogP contribution is -2.46. The molecule has 0 saturated carbocycles. The molecule has 5 heteroatoms. The molecule has 3 heterocycles. The highest BCUT2D eigenvalue weighted by Gasteiger charge is 2.38. The number of hydrogen-bond donors (Lipinski definition) is 0. The molecule has 0 bridgehead atoms. The van der Waals surface area contributed by atoms with Gasteiger partial charge in [0.25, 0.3) is 0 Å². The number of para-hydroxylation sites is 4. The quantitative estimate of drug-likeness (QED) is 0.161. The predicted octanol–water partition coefficient (Wildman–Crippen LogP) is 15.9. The molecule has 3 aliphatic carbocycles. The van der Waals surface area contributed by atoms with Crippen LogP contribution in [0.5, 0.6) is 11.5 Å². The van der Waals surface area contributed by atoms with Crippen molar-refractivity contribution in [2.75, 3.05) is 9.80 Å². The first-order chi connectivity index (χ1) is 31.5. The fourth-order valence-electron chi connectivity index (χ4n) is 10.8. The highest BCUT2D eigenvalue weighted by molar-refractivity contribution is 7.67. The standard InChI is InChI=1S/C59H45N2O2P/c1-59(2)47-35-39(26-30-43(47)44-31-28-41(37-48(44)59)61-51-18-8-12-22-55(51)63-56-23-13-9-19-52(56)61)25-24-38-27-32-57-45(34-38)46-36-40(29-33-58(46)64(57)42-14-4-3-5-15-42)60-49-16-6-10-20-53(49)62-54-21-11-7-17-50(54)60/h3-12,14-22,24-37,49,53H,13,23H2,1-2H3/b25-24+. The first kappa shape index (κ1) is 37.3. The van der Waals surface area contributed by atoms with Gasteiger partial charge in [0, 0.05) is 33.4 Å². The van der Waals surface area contributed by atoms with Crippen LogP contribution >= 0.6 is 7.53 Å². The Balaban J connectivity index is 0.869. The summed E-state index contributed by atoms with van der Waals surface area (Å²) in [6, 6.07) is 56.3. The van der Waals surface area contributed by atoms with E-state index in [1.54, 1.807) is 0 Å². The second kappa shape index (κ2) is 14.4. The second-order valence-corrected chi connectivity index (χ2v) is 20.1. The van der Waals surface area contributed by atoms with Gasteiger partial charge in [0.2, 0.25) is 0 Å². The predicted molar refractivity (Wildman–Crippen MR) is 268 cm³/mol. The molecule has 7 aromatic carbocycles. The largest absolute Gasteiger partial charge is 0.482 e. The zero-order chi connectivity index (χ0) is 42.5. The average molecular weight is 845 g/mol. The minimum atomic E-state index is -0.703. The van der Waals surface area contributed by atoms with E-state index in [1.807, 2.05) is 0 Å². The highest BCUT2D eigenvalue weighted by atomic mass is 31.1. The Morgan fingerprint density at radius 2 is 1.30 bits per heavy atom. The summed E-state index contributed by atoms with van der Waals surface area (Å²) < 4.78 is 12.9. The van der Waals surface area contributed by atoms with E-state index >= 15 is 0 Å². The van der Waals surface area contributed by atoms with Gasteiger partial charge in [-0.25, -0.2) is 0 Å². The van der Waals surface area contributed by atoms with Crippen LogP contribution in [0, 0.1) is 0 Å². The molecule has 3 atom stereocenters. The van der Waals surface area contributed by atoms with E-state index in [0.29, 0.717) is 0 Å². The fourth-order valence-corrected chi connectivity index (χ4v) is 13.4. The minimum Gasteiger partial charge on any atom is -0.482 e. The molecule has 308 valence electrons. The monoisotopic (exact) mass is 844 g/mol. The summed E-state index contributed by atoms with van der Waals surface area (Å²) in [6.45, 7) is 4.75. The number of anilines is 4. The number of rotatable bonds is 5. The lowest BCUT2D eigenvalue weighted by molar-refractivity contribution is 0.218. The molecule has 3 unspecified atom stereocenters. The highest BCUT2D eigenvalue weighted by Crippen LogP contribution is 2.57. The topological polar surface area (TPSA) is 24.9 Å². The van der Waals surface area contributed by atoms with Gasteiger partial charge in [-0.3, -0.25) is 0 Å². The van der Waals surface area contributed by atoms with Crippen molar-refractivity contribution in [1.29, 1.82) is 0 Å². The lowest BCUT2D eigenvalue weighted by Gasteiger charge is -2.42. The van der Waals surface area contributed by atoms with Gasteiger partial charge >= 0.3 is 0 Å². The van der Waals surface area contributed by atoms with Crippen LogP contribution in [0.2, 0.25) is 0 Å². The average Bonchev–Trinajstić information content (AvgIpc) is 3.78. The maximum atomic E-state index is 6.50. The van der Waals surface area contributed by atoms with Crippen LogP contribution in [0.4, 0.5) is 22.7 Å². The van der Waals surface area contributed by atoms with Crippen LogP contribution in [0.25, 0.3) is 49.6 Å². The number of allylic oxidation sites excluding steroid dienone is 5. The van der Waals surface area contributed by atoms with Crippen LogP contribution in [0.3, 0.4) is 0 Å². The SMILES string of the molecule is CC1(C)c2cc(/C=C/c3ccc4c(c3)c3cc(N5c6ccccc6OC6C=CC=CC65)ccc3p4-c3ccccc3)ccc2-c2ccc(N3C4=C(CCC=C4)Oc4ccccc43)cc21. The number of fused-ring (bicyclic) bond motifs is 9. The van der Waals surface area contributed by atoms with Crippen LogP contribution in [-0.4, -0.2) is 12.1 Å². The second-order valence-electron chi connectivity index (χ2n) is 18.0. The van der Waals surface area contributed by atoms with Crippen molar-refractivity contribution in [2.45, 2.75) is 44.2 Å².